The third-order valence-electron chi connectivity index (χ3n) is 1.85. The molecule has 0 aliphatic carbocycles. The van der Waals surface area contributed by atoms with Gasteiger partial charge in [-0.05, 0) is 41.6 Å². The Morgan fingerprint density at radius 3 is 2.67 bits per heavy atom. The predicted molar refractivity (Wildman–Crippen MR) is 69.1 cm³/mol. The molecule has 0 bridgehead atoms. The molecule has 0 unspecified atom stereocenters. The highest BCUT2D eigenvalue weighted by Gasteiger charge is 2.04. The van der Waals surface area contributed by atoms with E-state index in [1.165, 1.54) is 0 Å². The van der Waals surface area contributed by atoms with Crippen molar-refractivity contribution < 1.29 is 9.53 Å². The largest absolute Gasteiger partial charge is 0.369 e. The summed E-state index contributed by atoms with van der Waals surface area (Å²) in [6, 6.07) is 7.48. The summed E-state index contributed by atoms with van der Waals surface area (Å²) in [5, 5.41) is 0. The van der Waals surface area contributed by atoms with Crippen LogP contribution in [0.2, 0.25) is 0 Å². The molecular weight excluding hydrogens is 303 g/mol. The van der Waals surface area contributed by atoms with Crippen molar-refractivity contribution in [3.8, 4) is 0 Å². The first-order valence-corrected chi connectivity index (χ1v) is 5.79. The number of carbonyl (C=O) groups excluding carboxylic acids is 1. The van der Waals surface area contributed by atoms with Gasteiger partial charge in [-0.15, -0.1) is 0 Å². The van der Waals surface area contributed by atoms with Gasteiger partial charge < -0.3 is 4.74 Å². The van der Waals surface area contributed by atoms with Crippen molar-refractivity contribution in [1.29, 1.82) is 0 Å². The van der Waals surface area contributed by atoms with Crippen LogP contribution in [0.4, 0.5) is 0 Å². The van der Waals surface area contributed by atoms with E-state index in [-0.39, 0.29) is 12.4 Å². The first-order chi connectivity index (χ1) is 7.24. The van der Waals surface area contributed by atoms with Gasteiger partial charge in [-0.1, -0.05) is 24.3 Å². The lowest BCUT2D eigenvalue weighted by molar-refractivity contribution is 0.0806. The first-order valence-electron chi connectivity index (χ1n) is 4.71. The van der Waals surface area contributed by atoms with E-state index in [0.29, 0.717) is 12.2 Å². The lowest BCUT2D eigenvalue weighted by atomic mass is 10.1. The molecule has 0 N–H and O–H groups in total. The van der Waals surface area contributed by atoms with Gasteiger partial charge in [0.1, 0.15) is 6.61 Å². The Hall–Kier alpha value is -0.680. The minimum absolute atomic E-state index is 0.0240. The molecule has 3 heteroatoms. The smallest absolute Gasteiger partial charge is 0.188 e. The molecule has 80 valence electrons. The molecule has 2 nitrogen and oxygen atoms in total. The van der Waals surface area contributed by atoms with Crippen LogP contribution in [-0.2, 0) is 4.74 Å². The highest BCUT2D eigenvalue weighted by molar-refractivity contribution is 14.1. The average Bonchev–Trinajstić information content (AvgIpc) is 2.25. The SMILES string of the molecule is CC=CCOCC(=O)c1ccc(I)cc1. The molecule has 0 radical (unpaired) electrons. The van der Waals surface area contributed by atoms with E-state index in [9.17, 15) is 4.79 Å². The molecule has 0 heterocycles. The van der Waals surface area contributed by atoms with Crippen molar-refractivity contribution in [2.75, 3.05) is 13.2 Å². The molecule has 0 saturated heterocycles. The van der Waals surface area contributed by atoms with E-state index in [2.05, 4.69) is 22.6 Å². The van der Waals surface area contributed by atoms with Gasteiger partial charge in [0.2, 0.25) is 0 Å². The van der Waals surface area contributed by atoms with E-state index in [0.717, 1.165) is 3.57 Å². The molecular formula is C12H13IO2. The zero-order valence-corrected chi connectivity index (χ0v) is 10.7. The maximum absolute atomic E-state index is 11.6. The van der Waals surface area contributed by atoms with Crippen LogP contribution >= 0.6 is 22.6 Å². The van der Waals surface area contributed by atoms with Crippen molar-refractivity contribution in [2.24, 2.45) is 0 Å². The summed E-state index contributed by atoms with van der Waals surface area (Å²) in [5.41, 5.74) is 0.705. The van der Waals surface area contributed by atoms with Gasteiger partial charge in [0, 0.05) is 9.13 Å². The van der Waals surface area contributed by atoms with Gasteiger partial charge in [-0.2, -0.15) is 0 Å². The molecule has 0 aliphatic rings. The molecule has 0 aliphatic heterocycles. The van der Waals surface area contributed by atoms with Crippen molar-refractivity contribution in [3.63, 3.8) is 0 Å². The maximum atomic E-state index is 11.6. The summed E-state index contributed by atoms with van der Waals surface area (Å²) in [7, 11) is 0. The van der Waals surface area contributed by atoms with Gasteiger partial charge >= 0.3 is 0 Å². The average molecular weight is 316 g/mol. The minimum atomic E-state index is 0.0240. The second-order valence-corrected chi connectivity index (χ2v) is 4.26. The fraction of sp³-hybridized carbons (Fsp3) is 0.250. The Morgan fingerprint density at radius 2 is 2.07 bits per heavy atom. The monoisotopic (exact) mass is 316 g/mol. The Kier molecular flexibility index (Phi) is 5.57. The zero-order chi connectivity index (χ0) is 11.1. The van der Waals surface area contributed by atoms with E-state index < -0.39 is 0 Å². The lowest BCUT2D eigenvalue weighted by Gasteiger charge is -2.01. The second-order valence-electron chi connectivity index (χ2n) is 3.01. The fourth-order valence-electron chi connectivity index (χ4n) is 1.04. The third-order valence-corrected chi connectivity index (χ3v) is 2.57. The lowest BCUT2D eigenvalue weighted by Crippen LogP contribution is -2.08. The number of benzene rings is 1. The second kappa shape index (κ2) is 6.74. The van der Waals surface area contributed by atoms with E-state index in [1.807, 2.05) is 43.3 Å². The van der Waals surface area contributed by atoms with Gasteiger partial charge in [0.05, 0.1) is 6.61 Å². The van der Waals surface area contributed by atoms with Crippen LogP contribution < -0.4 is 0 Å². The van der Waals surface area contributed by atoms with Gasteiger partial charge in [0.15, 0.2) is 5.78 Å². The van der Waals surface area contributed by atoms with Crippen molar-refractivity contribution >= 4 is 28.4 Å². The van der Waals surface area contributed by atoms with Gasteiger partial charge in [0.25, 0.3) is 0 Å². The summed E-state index contributed by atoms with van der Waals surface area (Å²) in [5.74, 6) is 0.0240. The highest BCUT2D eigenvalue weighted by Crippen LogP contribution is 2.07. The number of halogens is 1. The van der Waals surface area contributed by atoms with Crippen LogP contribution in [0.25, 0.3) is 0 Å². The summed E-state index contributed by atoms with van der Waals surface area (Å²) < 4.78 is 6.31. The highest BCUT2D eigenvalue weighted by atomic mass is 127. The third kappa shape index (κ3) is 4.57. The van der Waals surface area contributed by atoms with Gasteiger partial charge in [-0.3, -0.25) is 4.79 Å². The standard InChI is InChI=1S/C12H13IO2/c1-2-3-8-15-9-12(14)10-4-6-11(13)7-5-10/h2-7H,8-9H2,1H3. The van der Waals surface area contributed by atoms with Gasteiger partial charge in [-0.25, -0.2) is 0 Å². The van der Waals surface area contributed by atoms with E-state index >= 15 is 0 Å². The number of rotatable bonds is 5. The summed E-state index contributed by atoms with van der Waals surface area (Å²) >= 11 is 2.21. The molecule has 1 rings (SSSR count). The van der Waals surface area contributed by atoms with E-state index in [1.54, 1.807) is 0 Å². The molecule has 0 fully saturated rings. The summed E-state index contributed by atoms with van der Waals surface area (Å²) in [6.45, 7) is 2.56. The van der Waals surface area contributed by atoms with Crippen molar-refractivity contribution in [3.05, 3.63) is 45.6 Å². The Labute approximate surface area is 103 Å². The molecule has 1 aromatic rings. The van der Waals surface area contributed by atoms with Crippen LogP contribution in [0.1, 0.15) is 17.3 Å². The molecule has 0 spiro atoms. The normalized spacial score (nSPS) is 10.8. The topological polar surface area (TPSA) is 26.3 Å². The molecule has 0 aromatic heterocycles. The number of allylic oxidation sites excluding steroid dienone is 1. The van der Waals surface area contributed by atoms with Crippen LogP contribution in [0.15, 0.2) is 36.4 Å². The summed E-state index contributed by atoms with van der Waals surface area (Å²) in [6.07, 6.45) is 3.77. The van der Waals surface area contributed by atoms with Crippen LogP contribution in [0.3, 0.4) is 0 Å². The zero-order valence-electron chi connectivity index (χ0n) is 8.57. The number of ether oxygens (including phenoxy) is 1. The molecule has 15 heavy (non-hydrogen) atoms. The Bertz CT molecular complexity index is 341. The van der Waals surface area contributed by atoms with Crippen LogP contribution in [-0.4, -0.2) is 19.0 Å². The molecule has 1 aromatic carbocycles. The van der Waals surface area contributed by atoms with Crippen LogP contribution in [0, 0.1) is 3.57 Å². The van der Waals surface area contributed by atoms with Crippen molar-refractivity contribution in [1.82, 2.24) is 0 Å². The summed E-state index contributed by atoms with van der Waals surface area (Å²) in [4.78, 5) is 11.6. The number of Topliss-reactive ketones (excluding diaryl/α,β-unsaturated/α-hetero) is 1. The molecule has 0 saturated carbocycles. The number of hydrogen-bond donors (Lipinski definition) is 0. The Balaban J connectivity index is 2.43. The number of hydrogen-bond acceptors (Lipinski definition) is 2. The van der Waals surface area contributed by atoms with Crippen LogP contribution in [0.5, 0.6) is 0 Å². The predicted octanol–water partition coefficient (Wildman–Crippen LogP) is 3.07. The van der Waals surface area contributed by atoms with Crippen molar-refractivity contribution in [2.45, 2.75) is 6.92 Å². The fourth-order valence-corrected chi connectivity index (χ4v) is 1.39. The number of carbonyl (C=O) groups is 1. The number of ketones is 1. The molecule has 0 amide bonds. The minimum Gasteiger partial charge on any atom is -0.369 e. The quantitative estimate of drug-likeness (QED) is 0.361. The maximum Gasteiger partial charge on any atom is 0.188 e. The Morgan fingerprint density at radius 1 is 1.40 bits per heavy atom. The van der Waals surface area contributed by atoms with E-state index in [4.69, 9.17) is 4.74 Å². The molecule has 0 atom stereocenters. The first kappa shape index (κ1) is 12.4.